The van der Waals surface area contributed by atoms with Gasteiger partial charge in [0.25, 0.3) is 0 Å². The number of carboxylic acid groups (broad SMARTS) is 1. The maximum absolute atomic E-state index is 12.3. The molecule has 2 aromatic carbocycles. The summed E-state index contributed by atoms with van der Waals surface area (Å²) in [7, 11) is 0. The minimum absolute atomic E-state index is 0.0806. The fourth-order valence-electron chi connectivity index (χ4n) is 3.07. The van der Waals surface area contributed by atoms with Crippen LogP contribution in [0.25, 0.3) is 0 Å². The van der Waals surface area contributed by atoms with Gasteiger partial charge in [-0.15, -0.1) is 0 Å². The van der Waals surface area contributed by atoms with Crippen molar-refractivity contribution in [3.05, 3.63) is 65.7 Å². The van der Waals surface area contributed by atoms with Crippen LogP contribution in [0.2, 0.25) is 0 Å². The van der Waals surface area contributed by atoms with E-state index in [0.29, 0.717) is 18.0 Å². The van der Waals surface area contributed by atoms with Crippen LogP contribution in [-0.4, -0.2) is 35.1 Å². The van der Waals surface area contributed by atoms with E-state index in [1.54, 1.807) is 18.2 Å². The maximum atomic E-state index is 12.3. The van der Waals surface area contributed by atoms with Crippen molar-refractivity contribution in [1.29, 1.82) is 0 Å². The molecule has 124 valence electrons. The number of carbonyl (C=O) groups excluding carboxylic acids is 1. The first-order valence-corrected chi connectivity index (χ1v) is 8.05. The maximum Gasteiger partial charge on any atom is 0.335 e. The van der Waals surface area contributed by atoms with E-state index in [9.17, 15) is 9.59 Å². The van der Waals surface area contributed by atoms with Gasteiger partial charge in [0.1, 0.15) is 0 Å². The van der Waals surface area contributed by atoms with E-state index >= 15 is 0 Å². The number of benzene rings is 2. The fourth-order valence-corrected chi connectivity index (χ4v) is 3.07. The van der Waals surface area contributed by atoms with Gasteiger partial charge in [0.05, 0.1) is 5.56 Å². The highest BCUT2D eigenvalue weighted by Crippen LogP contribution is 2.22. The lowest BCUT2D eigenvalue weighted by atomic mass is 9.97. The molecular formula is C19H20N2O3. The van der Waals surface area contributed by atoms with Crippen LogP contribution in [-0.2, 0) is 6.42 Å². The normalized spacial score (nSPS) is 16.8. The Bertz CT molecular complexity index is 730. The first kappa shape index (κ1) is 16.1. The third kappa shape index (κ3) is 3.93. The zero-order chi connectivity index (χ0) is 16.9. The van der Waals surface area contributed by atoms with E-state index in [2.05, 4.69) is 5.32 Å². The highest BCUT2D eigenvalue weighted by molar-refractivity contribution is 5.89. The second-order valence-corrected chi connectivity index (χ2v) is 6.11. The van der Waals surface area contributed by atoms with Gasteiger partial charge in [0, 0.05) is 18.8 Å². The van der Waals surface area contributed by atoms with E-state index in [4.69, 9.17) is 5.11 Å². The quantitative estimate of drug-likeness (QED) is 0.904. The molecule has 0 spiro atoms. The van der Waals surface area contributed by atoms with Gasteiger partial charge < -0.3 is 15.3 Å². The Kier molecular flexibility index (Phi) is 4.79. The SMILES string of the molecule is O=C(O)c1cccc(C[C@H]2CCN(C(=O)Nc3ccccc3)C2)c1. The first-order chi connectivity index (χ1) is 11.6. The predicted molar refractivity (Wildman–Crippen MR) is 92.2 cm³/mol. The summed E-state index contributed by atoms with van der Waals surface area (Å²) in [5, 5.41) is 12.0. The van der Waals surface area contributed by atoms with Gasteiger partial charge in [-0.2, -0.15) is 0 Å². The summed E-state index contributed by atoms with van der Waals surface area (Å²) in [6, 6.07) is 16.4. The lowest BCUT2D eigenvalue weighted by Crippen LogP contribution is -2.33. The van der Waals surface area contributed by atoms with Gasteiger partial charge in [0.2, 0.25) is 0 Å². The molecule has 2 N–H and O–H groups in total. The van der Waals surface area contributed by atoms with E-state index in [0.717, 1.165) is 30.6 Å². The van der Waals surface area contributed by atoms with E-state index in [1.165, 1.54) is 0 Å². The Morgan fingerprint density at radius 3 is 2.67 bits per heavy atom. The average Bonchev–Trinajstić information content (AvgIpc) is 3.04. The molecule has 2 aromatic rings. The second-order valence-electron chi connectivity index (χ2n) is 6.11. The Morgan fingerprint density at radius 1 is 1.12 bits per heavy atom. The minimum atomic E-state index is -0.910. The van der Waals surface area contributed by atoms with Crippen molar-refractivity contribution in [2.45, 2.75) is 12.8 Å². The summed E-state index contributed by atoms with van der Waals surface area (Å²) >= 11 is 0. The molecule has 0 aromatic heterocycles. The molecule has 1 aliphatic heterocycles. The summed E-state index contributed by atoms with van der Waals surface area (Å²) < 4.78 is 0. The lowest BCUT2D eigenvalue weighted by Gasteiger charge is -2.17. The number of anilines is 1. The topological polar surface area (TPSA) is 69.6 Å². The standard InChI is InChI=1S/C19H20N2O3/c22-18(23)16-6-4-5-14(12-16)11-15-9-10-21(13-15)19(24)20-17-7-2-1-3-8-17/h1-8,12,15H,9-11,13H2,(H,20,24)(H,22,23)/t15-/m1/s1. The van der Waals surface area contributed by atoms with Crippen LogP contribution in [0.5, 0.6) is 0 Å². The molecule has 1 heterocycles. The van der Waals surface area contributed by atoms with Crippen LogP contribution in [0.15, 0.2) is 54.6 Å². The fraction of sp³-hybridized carbons (Fsp3) is 0.263. The molecule has 1 aliphatic rings. The average molecular weight is 324 g/mol. The zero-order valence-electron chi connectivity index (χ0n) is 13.3. The highest BCUT2D eigenvalue weighted by Gasteiger charge is 2.26. The van der Waals surface area contributed by atoms with Gasteiger partial charge in [-0.3, -0.25) is 0 Å². The van der Waals surface area contributed by atoms with Gasteiger partial charge in [-0.1, -0.05) is 30.3 Å². The summed E-state index contributed by atoms with van der Waals surface area (Å²) in [6.07, 6.45) is 1.72. The molecule has 0 saturated carbocycles. The van der Waals surface area contributed by atoms with Crippen LogP contribution in [0.1, 0.15) is 22.3 Å². The molecule has 1 fully saturated rings. The van der Waals surface area contributed by atoms with E-state index in [1.807, 2.05) is 41.3 Å². The number of urea groups is 1. The molecule has 1 saturated heterocycles. The largest absolute Gasteiger partial charge is 0.478 e. The Morgan fingerprint density at radius 2 is 1.92 bits per heavy atom. The van der Waals surface area contributed by atoms with Crippen molar-refractivity contribution in [1.82, 2.24) is 4.90 Å². The summed E-state index contributed by atoms with van der Waals surface area (Å²) in [5.74, 6) is -0.553. The Balaban J connectivity index is 1.56. The van der Waals surface area contributed by atoms with Crippen molar-refractivity contribution >= 4 is 17.7 Å². The molecule has 24 heavy (non-hydrogen) atoms. The first-order valence-electron chi connectivity index (χ1n) is 8.05. The number of likely N-dealkylation sites (tertiary alicyclic amines) is 1. The molecule has 0 bridgehead atoms. The van der Waals surface area contributed by atoms with Gasteiger partial charge in [-0.25, -0.2) is 9.59 Å². The van der Waals surface area contributed by atoms with Crippen molar-refractivity contribution in [3.63, 3.8) is 0 Å². The molecule has 5 heteroatoms. The molecule has 0 unspecified atom stereocenters. The van der Waals surface area contributed by atoms with Crippen LogP contribution < -0.4 is 5.32 Å². The molecule has 0 radical (unpaired) electrons. The summed E-state index contributed by atoms with van der Waals surface area (Å²) in [5.41, 5.74) is 2.11. The van der Waals surface area contributed by atoms with Crippen molar-refractivity contribution in [2.75, 3.05) is 18.4 Å². The Hall–Kier alpha value is -2.82. The number of nitrogens with one attached hydrogen (secondary N) is 1. The monoisotopic (exact) mass is 324 g/mol. The van der Waals surface area contributed by atoms with Crippen LogP contribution in [0.4, 0.5) is 10.5 Å². The second kappa shape index (κ2) is 7.17. The molecule has 1 atom stereocenters. The number of amides is 2. The number of carbonyl (C=O) groups is 2. The third-order valence-corrected chi connectivity index (χ3v) is 4.30. The number of hydrogen-bond acceptors (Lipinski definition) is 2. The lowest BCUT2D eigenvalue weighted by molar-refractivity contribution is 0.0696. The zero-order valence-corrected chi connectivity index (χ0v) is 13.3. The van der Waals surface area contributed by atoms with Crippen LogP contribution in [0, 0.1) is 5.92 Å². The van der Waals surface area contributed by atoms with Gasteiger partial charge >= 0.3 is 12.0 Å². The number of nitrogens with zero attached hydrogens (tertiary/aromatic N) is 1. The van der Waals surface area contributed by atoms with Gasteiger partial charge in [0.15, 0.2) is 0 Å². The molecule has 5 nitrogen and oxygen atoms in total. The number of para-hydroxylation sites is 1. The number of carboxylic acids is 1. The number of rotatable bonds is 4. The van der Waals surface area contributed by atoms with Crippen molar-refractivity contribution in [3.8, 4) is 0 Å². The van der Waals surface area contributed by atoms with Crippen molar-refractivity contribution < 1.29 is 14.7 Å². The molecule has 2 amide bonds. The van der Waals surface area contributed by atoms with Crippen molar-refractivity contribution in [2.24, 2.45) is 5.92 Å². The summed E-state index contributed by atoms with van der Waals surface area (Å²) in [6.45, 7) is 1.41. The number of hydrogen-bond donors (Lipinski definition) is 2. The molecule has 3 rings (SSSR count). The smallest absolute Gasteiger partial charge is 0.335 e. The molecular weight excluding hydrogens is 304 g/mol. The number of aromatic carboxylic acids is 1. The minimum Gasteiger partial charge on any atom is -0.478 e. The molecule has 0 aliphatic carbocycles. The predicted octanol–water partition coefficient (Wildman–Crippen LogP) is 3.48. The van der Waals surface area contributed by atoms with Gasteiger partial charge in [-0.05, 0) is 48.6 Å². The third-order valence-electron chi connectivity index (χ3n) is 4.30. The summed E-state index contributed by atoms with van der Waals surface area (Å²) in [4.78, 5) is 25.2. The van der Waals surface area contributed by atoms with E-state index < -0.39 is 5.97 Å². The highest BCUT2D eigenvalue weighted by atomic mass is 16.4. The van der Waals surface area contributed by atoms with Crippen LogP contribution >= 0.6 is 0 Å². The Labute approximate surface area is 140 Å². The van der Waals surface area contributed by atoms with Crippen LogP contribution in [0.3, 0.4) is 0 Å². The van der Waals surface area contributed by atoms with E-state index in [-0.39, 0.29) is 6.03 Å².